The SMILES string of the molecule is CC(C)CNCCOCCc1ccc2c(c1)COC2. The van der Waals surface area contributed by atoms with E-state index in [0.717, 1.165) is 45.9 Å². The van der Waals surface area contributed by atoms with E-state index in [0.29, 0.717) is 5.92 Å². The zero-order valence-electron chi connectivity index (χ0n) is 12.1. The second-order valence-corrected chi connectivity index (χ2v) is 5.56. The quantitative estimate of drug-likeness (QED) is 0.731. The van der Waals surface area contributed by atoms with Crippen molar-refractivity contribution in [1.29, 1.82) is 0 Å². The van der Waals surface area contributed by atoms with Crippen LogP contribution < -0.4 is 5.32 Å². The average molecular weight is 263 g/mol. The summed E-state index contributed by atoms with van der Waals surface area (Å²) in [6.45, 7) is 9.56. The van der Waals surface area contributed by atoms with Crippen molar-refractivity contribution in [3.63, 3.8) is 0 Å². The van der Waals surface area contributed by atoms with Crippen molar-refractivity contribution in [2.75, 3.05) is 26.3 Å². The van der Waals surface area contributed by atoms with Gasteiger partial charge in [0.1, 0.15) is 0 Å². The van der Waals surface area contributed by atoms with E-state index in [1.165, 1.54) is 16.7 Å². The molecular weight excluding hydrogens is 238 g/mol. The lowest BCUT2D eigenvalue weighted by Gasteiger charge is -2.08. The molecule has 0 saturated carbocycles. The number of nitrogens with one attached hydrogen (secondary N) is 1. The topological polar surface area (TPSA) is 30.5 Å². The summed E-state index contributed by atoms with van der Waals surface area (Å²) < 4.78 is 11.1. The molecule has 0 fully saturated rings. The molecule has 3 nitrogen and oxygen atoms in total. The second-order valence-electron chi connectivity index (χ2n) is 5.56. The summed E-state index contributed by atoms with van der Waals surface area (Å²) in [4.78, 5) is 0. The Morgan fingerprint density at radius 3 is 2.89 bits per heavy atom. The summed E-state index contributed by atoms with van der Waals surface area (Å²) in [6, 6.07) is 6.62. The molecule has 0 spiro atoms. The van der Waals surface area contributed by atoms with Gasteiger partial charge in [0, 0.05) is 6.54 Å². The third-order valence-corrected chi connectivity index (χ3v) is 3.30. The predicted octanol–water partition coefficient (Wildman–Crippen LogP) is 2.52. The highest BCUT2D eigenvalue weighted by Gasteiger charge is 2.10. The maximum absolute atomic E-state index is 5.65. The summed E-state index contributed by atoms with van der Waals surface area (Å²) in [7, 11) is 0. The fraction of sp³-hybridized carbons (Fsp3) is 0.625. The monoisotopic (exact) mass is 263 g/mol. The number of hydrogen-bond acceptors (Lipinski definition) is 3. The summed E-state index contributed by atoms with van der Waals surface area (Å²) in [6.07, 6.45) is 0.984. The van der Waals surface area contributed by atoms with Gasteiger partial charge in [-0.3, -0.25) is 0 Å². The molecule has 3 heteroatoms. The van der Waals surface area contributed by atoms with E-state index in [9.17, 15) is 0 Å². The minimum absolute atomic E-state index is 0.702. The summed E-state index contributed by atoms with van der Waals surface area (Å²) in [5.74, 6) is 0.702. The maximum Gasteiger partial charge on any atom is 0.0725 e. The second kappa shape index (κ2) is 7.63. The lowest BCUT2D eigenvalue weighted by molar-refractivity contribution is 0.134. The zero-order valence-corrected chi connectivity index (χ0v) is 12.1. The van der Waals surface area contributed by atoms with Crippen LogP contribution in [0.4, 0.5) is 0 Å². The molecule has 1 heterocycles. The van der Waals surface area contributed by atoms with Crippen LogP contribution in [0, 0.1) is 5.92 Å². The Morgan fingerprint density at radius 2 is 2.05 bits per heavy atom. The maximum atomic E-state index is 5.65. The molecule has 0 atom stereocenters. The molecule has 0 unspecified atom stereocenters. The van der Waals surface area contributed by atoms with E-state index in [4.69, 9.17) is 9.47 Å². The first kappa shape index (κ1) is 14.5. The van der Waals surface area contributed by atoms with Gasteiger partial charge in [-0.05, 0) is 35.6 Å². The lowest BCUT2D eigenvalue weighted by Crippen LogP contribution is -2.24. The zero-order chi connectivity index (χ0) is 13.5. The molecule has 1 aromatic rings. The summed E-state index contributed by atoms with van der Waals surface area (Å²) in [5.41, 5.74) is 4.03. The molecule has 106 valence electrons. The minimum Gasteiger partial charge on any atom is -0.380 e. The van der Waals surface area contributed by atoms with Crippen LogP contribution in [-0.2, 0) is 29.1 Å². The van der Waals surface area contributed by atoms with E-state index < -0.39 is 0 Å². The lowest BCUT2D eigenvalue weighted by atomic mass is 10.0. The summed E-state index contributed by atoms with van der Waals surface area (Å²) >= 11 is 0. The molecule has 1 aliphatic heterocycles. The Morgan fingerprint density at radius 1 is 1.21 bits per heavy atom. The van der Waals surface area contributed by atoms with Crippen molar-refractivity contribution >= 4 is 0 Å². The van der Waals surface area contributed by atoms with Crippen LogP contribution in [0.2, 0.25) is 0 Å². The van der Waals surface area contributed by atoms with Crippen molar-refractivity contribution in [3.05, 3.63) is 34.9 Å². The fourth-order valence-electron chi connectivity index (χ4n) is 2.21. The first-order valence-electron chi connectivity index (χ1n) is 7.22. The van der Waals surface area contributed by atoms with Gasteiger partial charge in [0.15, 0.2) is 0 Å². The highest BCUT2D eigenvalue weighted by molar-refractivity contribution is 5.33. The Labute approximate surface area is 116 Å². The van der Waals surface area contributed by atoms with E-state index in [-0.39, 0.29) is 0 Å². The molecule has 19 heavy (non-hydrogen) atoms. The van der Waals surface area contributed by atoms with Crippen molar-refractivity contribution in [2.45, 2.75) is 33.5 Å². The van der Waals surface area contributed by atoms with Gasteiger partial charge in [0.25, 0.3) is 0 Å². The van der Waals surface area contributed by atoms with Crippen LogP contribution >= 0.6 is 0 Å². The fourth-order valence-corrected chi connectivity index (χ4v) is 2.21. The Hall–Kier alpha value is -0.900. The van der Waals surface area contributed by atoms with Crippen molar-refractivity contribution in [1.82, 2.24) is 5.32 Å². The molecule has 0 aliphatic carbocycles. The molecule has 0 saturated heterocycles. The van der Waals surface area contributed by atoms with Crippen LogP contribution in [0.5, 0.6) is 0 Å². The van der Waals surface area contributed by atoms with Crippen LogP contribution in [0.1, 0.15) is 30.5 Å². The van der Waals surface area contributed by atoms with Crippen LogP contribution in [0.25, 0.3) is 0 Å². The number of fused-ring (bicyclic) bond motifs is 1. The van der Waals surface area contributed by atoms with Crippen molar-refractivity contribution < 1.29 is 9.47 Å². The van der Waals surface area contributed by atoms with Gasteiger partial charge < -0.3 is 14.8 Å². The number of rotatable bonds is 8. The number of benzene rings is 1. The van der Waals surface area contributed by atoms with E-state index in [1.807, 2.05) is 0 Å². The van der Waals surface area contributed by atoms with E-state index in [1.54, 1.807) is 0 Å². The summed E-state index contributed by atoms with van der Waals surface area (Å²) in [5, 5.41) is 3.38. The van der Waals surface area contributed by atoms with Crippen LogP contribution in [0.3, 0.4) is 0 Å². The third-order valence-electron chi connectivity index (χ3n) is 3.30. The highest BCUT2D eigenvalue weighted by atomic mass is 16.5. The van der Waals surface area contributed by atoms with Gasteiger partial charge in [0.2, 0.25) is 0 Å². The average Bonchev–Trinajstić information content (AvgIpc) is 2.84. The molecule has 1 N–H and O–H groups in total. The van der Waals surface area contributed by atoms with Crippen LogP contribution in [0.15, 0.2) is 18.2 Å². The van der Waals surface area contributed by atoms with Gasteiger partial charge in [-0.1, -0.05) is 32.0 Å². The molecule has 1 aromatic carbocycles. The van der Waals surface area contributed by atoms with Gasteiger partial charge >= 0.3 is 0 Å². The number of hydrogen-bond donors (Lipinski definition) is 1. The normalized spacial score (nSPS) is 14.1. The predicted molar refractivity (Wildman–Crippen MR) is 77.2 cm³/mol. The van der Waals surface area contributed by atoms with Gasteiger partial charge in [0.05, 0.1) is 26.4 Å². The van der Waals surface area contributed by atoms with Gasteiger partial charge in [-0.25, -0.2) is 0 Å². The first-order valence-corrected chi connectivity index (χ1v) is 7.22. The molecule has 0 radical (unpaired) electrons. The third kappa shape index (κ3) is 4.94. The van der Waals surface area contributed by atoms with Crippen LogP contribution in [-0.4, -0.2) is 26.3 Å². The molecule has 0 bridgehead atoms. The minimum atomic E-state index is 0.702. The Bertz CT molecular complexity index is 390. The Kier molecular flexibility index (Phi) is 5.83. The standard InChI is InChI=1S/C16H25NO2/c1-13(2)10-17-6-8-18-7-5-14-3-4-15-11-19-12-16(15)9-14/h3-4,9,13,17H,5-8,10-12H2,1-2H3. The van der Waals surface area contributed by atoms with Gasteiger partial charge in [-0.2, -0.15) is 0 Å². The molecular formula is C16H25NO2. The molecule has 2 rings (SSSR count). The number of ether oxygens (including phenoxy) is 2. The molecule has 1 aliphatic rings. The highest BCUT2D eigenvalue weighted by Crippen LogP contribution is 2.20. The molecule has 0 amide bonds. The Balaban J connectivity index is 1.58. The van der Waals surface area contributed by atoms with Crippen molar-refractivity contribution in [3.8, 4) is 0 Å². The first-order chi connectivity index (χ1) is 9.25. The van der Waals surface area contributed by atoms with E-state index in [2.05, 4.69) is 37.4 Å². The largest absolute Gasteiger partial charge is 0.380 e. The van der Waals surface area contributed by atoms with E-state index >= 15 is 0 Å². The molecule has 0 aromatic heterocycles. The smallest absolute Gasteiger partial charge is 0.0725 e. The van der Waals surface area contributed by atoms with Crippen molar-refractivity contribution in [2.24, 2.45) is 5.92 Å². The van der Waals surface area contributed by atoms with Gasteiger partial charge in [-0.15, -0.1) is 0 Å².